The van der Waals surface area contributed by atoms with Crippen LogP contribution in [0, 0.1) is 25.7 Å². The first-order valence-corrected chi connectivity index (χ1v) is 12.9. The van der Waals surface area contributed by atoms with Gasteiger partial charge in [0, 0.05) is 35.4 Å². The summed E-state index contributed by atoms with van der Waals surface area (Å²) in [6, 6.07) is 3.45. The fourth-order valence-electron chi connectivity index (χ4n) is 3.77. The van der Waals surface area contributed by atoms with Crippen LogP contribution in [0.25, 0.3) is 11.1 Å². The van der Waals surface area contributed by atoms with Gasteiger partial charge >= 0.3 is 0 Å². The SMILES string of the molecule is CCC(C)CC1CCC1(F)F.COc1cnc(Cl)cc1-c1cc(C)ncc1C(=O)Nc1nnc(C)s1. The van der Waals surface area contributed by atoms with Crippen LogP contribution >= 0.6 is 22.9 Å². The van der Waals surface area contributed by atoms with Gasteiger partial charge in [-0.3, -0.25) is 15.1 Å². The number of rotatable bonds is 7. The molecule has 2 atom stereocenters. The highest BCUT2D eigenvalue weighted by molar-refractivity contribution is 7.15. The van der Waals surface area contributed by atoms with Gasteiger partial charge in [-0.15, -0.1) is 10.2 Å². The third-order valence-electron chi connectivity index (χ3n) is 6.18. The standard InChI is InChI=1S/C16H14ClN5O2S.C9H16F2/c1-8-4-10(11-5-14(17)19-7-13(11)24-3)12(6-18-8)15(23)20-16-22-21-9(2)25-16;1-3-7(2)6-8-4-5-9(8,10)11/h4-7H,1-3H3,(H,20,22,23);7-8H,3-6H2,1-2H3. The zero-order valence-corrected chi connectivity index (χ0v) is 22.5. The quantitative estimate of drug-likeness (QED) is 0.326. The van der Waals surface area contributed by atoms with Crippen LogP contribution in [-0.2, 0) is 0 Å². The fourth-order valence-corrected chi connectivity index (χ4v) is 4.52. The van der Waals surface area contributed by atoms with E-state index < -0.39 is 5.92 Å². The van der Waals surface area contributed by atoms with Crippen molar-refractivity contribution < 1.29 is 18.3 Å². The van der Waals surface area contributed by atoms with Crippen molar-refractivity contribution >= 4 is 34.0 Å². The van der Waals surface area contributed by atoms with E-state index in [1.165, 1.54) is 30.8 Å². The van der Waals surface area contributed by atoms with E-state index in [0.717, 1.165) is 23.5 Å². The molecule has 0 spiro atoms. The Kier molecular flexibility index (Phi) is 9.30. The van der Waals surface area contributed by atoms with Crippen LogP contribution in [-0.4, -0.2) is 39.1 Å². The van der Waals surface area contributed by atoms with E-state index >= 15 is 0 Å². The van der Waals surface area contributed by atoms with E-state index in [4.69, 9.17) is 16.3 Å². The van der Waals surface area contributed by atoms with Crippen LogP contribution in [0.4, 0.5) is 13.9 Å². The molecule has 2 unspecified atom stereocenters. The lowest BCUT2D eigenvalue weighted by molar-refractivity contribution is -0.138. The largest absolute Gasteiger partial charge is 0.494 e. The number of aryl methyl sites for hydroxylation is 2. The first-order chi connectivity index (χ1) is 17.0. The van der Waals surface area contributed by atoms with Gasteiger partial charge in [0.25, 0.3) is 11.8 Å². The average molecular weight is 538 g/mol. The smallest absolute Gasteiger partial charge is 0.259 e. The first-order valence-electron chi connectivity index (χ1n) is 11.7. The number of methoxy groups -OCH3 is 1. The summed E-state index contributed by atoms with van der Waals surface area (Å²) in [6.07, 6.45) is 5.62. The molecule has 36 heavy (non-hydrogen) atoms. The summed E-state index contributed by atoms with van der Waals surface area (Å²) in [5.41, 5.74) is 2.44. The Hall–Kier alpha value is -2.72. The van der Waals surface area contributed by atoms with Gasteiger partial charge in [-0.25, -0.2) is 13.8 Å². The fraction of sp³-hybridized carbons (Fsp3) is 0.480. The van der Waals surface area contributed by atoms with Gasteiger partial charge < -0.3 is 4.74 Å². The summed E-state index contributed by atoms with van der Waals surface area (Å²) in [6.45, 7) is 7.76. The Balaban J connectivity index is 0.000000275. The molecule has 7 nitrogen and oxygen atoms in total. The van der Waals surface area contributed by atoms with Gasteiger partial charge in [-0.2, -0.15) is 0 Å². The monoisotopic (exact) mass is 537 g/mol. The number of carbonyl (C=O) groups is 1. The second-order valence-corrected chi connectivity index (χ2v) is 10.5. The van der Waals surface area contributed by atoms with Gasteiger partial charge in [-0.05, 0) is 44.7 Å². The number of ether oxygens (including phenoxy) is 1. The number of carbonyl (C=O) groups excluding carboxylic acids is 1. The molecule has 1 amide bonds. The molecule has 3 aromatic rings. The molecule has 11 heteroatoms. The summed E-state index contributed by atoms with van der Waals surface area (Å²) >= 11 is 7.32. The minimum absolute atomic E-state index is 0.119. The number of alkyl halides is 2. The molecule has 0 aliphatic heterocycles. The maximum Gasteiger partial charge on any atom is 0.259 e. The molecule has 1 aliphatic carbocycles. The minimum Gasteiger partial charge on any atom is -0.494 e. The highest BCUT2D eigenvalue weighted by Crippen LogP contribution is 2.46. The molecule has 0 radical (unpaired) electrons. The third-order valence-corrected chi connectivity index (χ3v) is 7.14. The van der Waals surface area contributed by atoms with Gasteiger partial charge in [0.2, 0.25) is 5.13 Å². The molecule has 3 aromatic heterocycles. The maximum atomic E-state index is 12.7. The van der Waals surface area contributed by atoms with Crippen LogP contribution in [0.3, 0.4) is 0 Å². The number of hydrogen-bond acceptors (Lipinski definition) is 7. The van der Waals surface area contributed by atoms with Gasteiger partial charge in [0.05, 0.1) is 18.9 Å². The molecule has 0 aromatic carbocycles. The number of nitrogens with zero attached hydrogens (tertiary/aromatic N) is 4. The number of hydrogen-bond donors (Lipinski definition) is 1. The van der Waals surface area contributed by atoms with Gasteiger partial charge in [-0.1, -0.05) is 43.2 Å². The molecule has 1 N–H and O–H groups in total. The van der Waals surface area contributed by atoms with Crippen molar-refractivity contribution in [2.75, 3.05) is 12.4 Å². The zero-order valence-electron chi connectivity index (χ0n) is 20.9. The first kappa shape index (κ1) is 27.9. The van der Waals surface area contributed by atoms with E-state index in [1.54, 1.807) is 12.1 Å². The summed E-state index contributed by atoms with van der Waals surface area (Å²) < 4.78 is 30.8. The number of nitrogens with one attached hydrogen (secondary N) is 1. The Labute approximate surface area is 218 Å². The summed E-state index contributed by atoms with van der Waals surface area (Å²) in [5, 5.41) is 12.0. The second kappa shape index (κ2) is 12.0. The highest BCUT2D eigenvalue weighted by Gasteiger charge is 2.47. The predicted molar refractivity (Wildman–Crippen MR) is 138 cm³/mol. The molecule has 0 saturated heterocycles. The van der Waals surface area contributed by atoms with Crippen molar-refractivity contribution in [3.05, 3.63) is 45.9 Å². The maximum absolute atomic E-state index is 12.7. The lowest BCUT2D eigenvalue weighted by Crippen LogP contribution is -2.39. The molecule has 3 heterocycles. The number of halogens is 3. The molecule has 4 rings (SSSR count). The molecule has 194 valence electrons. The van der Waals surface area contributed by atoms with E-state index in [2.05, 4.69) is 39.3 Å². The number of aromatic nitrogens is 4. The van der Waals surface area contributed by atoms with Crippen molar-refractivity contribution in [2.45, 2.75) is 59.3 Å². The van der Waals surface area contributed by atoms with Crippen LogP contribution in [0.15, 0.2) is 24.5 Å². The molecule has 1 aliphatic rings. The normalized spacial score (nSPS) is 16.8. The Morgan fingerprint density at radius 2 is 2.00 bits per heavy atom. The van der Waals surface area contributed by atoms with Crippen molar-refractivity contribution in [3.8, 4) is 16.9 Å². The van der Waals surface area contributed by atoms with E-state index in [1.807, 2.05) is 13.8 Å². The number of amides is 1. The Bertz CT molecular complexity index is 1210. The summed E-state index contributed by atoms with van der Waals surface area (Å²) in [5.74, 6) is -2.00. The van der Waals surface area contributed by atoms with Crippen LogP contribution in [0.2, 0.25) is 5.15 Å². The number of anilines is 1. The van der Waals surface area contributed by atoms with Crippen molar-refractivity contribution in [3.63, 3.8) is 0 Å². The van der Waals surface area contributed by atoms with Gasteiger partial charge in [0.1, 0.15) is 15.9 Å². The van der Waals surface area contributed by atoms with Crippen molar-refractivity contribution in [1.82, 2.24) is 20.2 Å². The number of pyridine rings is 2. The average Bonchev–Trinajstić information content (AvgIpc) is 3.26. The van der Waals surface area contributed by atoms with Crippen LogP contribution in [0.1, 0.15) is 60.6 Å². The van der Waals surface area contributed by atoms with Crippen molar-refractivity contribution in [2.24, 2.45) is 11.8 Å². The third kappa shape index (κ3) is 6.94. The molecule has 1 fully saturated rings. The lowest BCUT2D eigenvalue weighted by Gasteiger charge is -2.37. The Morgan fingerprint density at radius 3 is 2.56 bits per heavy atom. The molecular formula is C25H30ClF2N5O2S. The van der Waals surface area contributed by atoms with Gasteiger partial charge in [0.15, 0.2) is 0 Å². The van der Waals surface area contributed by atoms with Crippen LogP contribution < -0.4 is 10.1 Å². The van der Waals surface area contributed by atoms with E-state index in [0.29, 0.717) is 45.1 Å². The summed E-state index contributed by atoms with van der Waals surface area (Å²) in [7, 11) is 1.53. The molecule has 0 bridgehead atoms. The summed E-state index contributed by atoms with van der Waals surface area (Å²) in [4.78, 5) is 21.0. The predicted octanol–water partition coefficient (Wildman–Crippen LogP) is 6.99. The zero-order chi connectivity index (χ0) is 26.5. The second-order valence-electron chi connectivity index (χ2n) is 8.90. The van der Waals surface area contributed by atoms with E-state index in [-0.39, 0.29) is 18.2 Å². The topological polar surface area (TPSA) is 89.9 Å². The van der Waals surface area contributed by atoms with Crippen molar-refractivity contribution in [1.29, 1.82) is 0 Å². The molecule has 1 saturated carbocycles. The Morgan fingerprint density at radius 1 is 1.25 bits per heavy atom. The minimum atomic E-state index is -2.33. The van der Waals surface area contributed by atoms with Crippen LogP contribution in [0.5, 0.6) is 5.75 Å². The lowest BCUT2D eigenvalue weighted by atomic mass is 9.75. The van der Waals surface area contributed by atoms with E-state index in [9.17, 15) is 13.6 Å². The highest BCUT2D eigenvalue weighted by atomic mass is 35.5. The molecular weight excluding hydrogens is 508 g/mol.